The highest BCUT2D eigenvalue weighted by atomic mass is 16.4. The van der Waals surface area contributed by atoms with E-state index in [1.165, 1.54) is 54.8 Å². The van der Waals surface area contributed by atoms with Crippen LogP contribution in [-0.4, -0.2) is 54.8 Å². The summed E-state index contributed by atoms with van der Waals surface area (Å²) in [5.74, 6) is -3.88. The Morgan fingerprint density at radius 2 is 1.41 bits per heavy atom. The smallest absolute Gasteiger partial charge is 0.329 e. The Bertz CT molecular complexity index is 1230. The monoisotopic (exact) mass is 465 g/mol. The number of carboxylic acid groups (broad SMARTS) is 2. The molecule has 2 atom stereocenters. The lowest BCUT2D eigenvalue weighted by Crippen LogP contribution is -2.46. The minimum absolute atomic E-state index is 0.183. The second-order valence-electron chi connectivity index (χ2n) is 7.79. The number of hydrogen-bond donors (Lipinski definition) is 6. The SMILES string of the molecule is O=C(O)C1N=CC(C/C=C/c2ccc(O)c(O)c2)=CC1(C/C=C/c1ccc(O)c(O)c1)C(=O)O. The number of phenols is 4. The van der Waals surface area contributed by atoms with Crippen molar-refractivity contribution >= 4 is 30.3 Å². The Morgan fingerprint density at radius 1 is 0.853 bits per heavy atom. The van der Waals surface area contributed by atoms with Gasteiger partial charge in [-0.1, -0.05) is 42.5 Å². The molecule has 0 spiro atoms. The van der Waals surface area contributed by atoms with Gasteiger partial charge in [0.1, 0.15) is 5.41 Å². The van der Waals surface area contributed by atoms with Crippen LogP contribution >= 0.6 is 0 Å². The van der Waals surface area contributed by atoms with Gasteiger partial charge in [0.05, 0.1) is 0 Å². The third-order valence-electron chi connectivity index (χ3n) is 5.38. The highest BCUT2D eigenvalue weighted by molar-refractivity contribution is 5.94. The van der Waals surface area contributed by atoms with Crippen LogP contribution in [0.3, 0.4) is 0 Å². The van der Waals surface area contributed by atoms with E-state index in [-0.39, 0.29) is 35.8 Å². The summed E-state index contributed by atoms with van der Waals surface area (Å²) < 4.78 is 0. The number of hydrogen-bond acceptors (Lipinski definition) is 7. The number of nitrogens with zero attached hydrogens (tertiary/aromatic N) is 1. The molecule has 0 saturated carbocycles. The molecule has 9 heteroatoms. The zero-order valence-corrected chi connectivity index (χ0v) is 17.9. The number of aliphatic imine (C=N–C) groups is 1. The maximum Gasteiger partial charge on any atom is 0.329 e. The van der Waals surface area contributed by atoms with Crippen LogP contribution in [0.2, 0.25) is 0 Å². The van der Waals surface area contributed by atoms with Crippen LogP contribution in [0.15, 0.2) is 65.2 Å². The first kappa shape index (κ1) is 24.1. The summed E-state index contributed by atoms with van der Waals surface area (Å²) in [4.78, 5) is 28.1. The third kappa shape index (κ3) is 5.26. The van der Waals surface area contributed by atoms with Crippen molar-refractivity contribution in [3.05, 3.63) is 71.3 Å². The first-order chi connectivity index (χ1) is 16.1. The van der Waals surface area contributed by atoms with Crippen LogP contribution in [-0.2, 0) is 9.59 Å². The first-order valence-electron chi connectivity index (χ1n) is 10.2. The highest BCUT2D eigenvalue weighted by Gasteiger charge is 2.49. The van der Waals surface area contributed by atoms with Gasteiger partial charge in [-0.15, -0.1) is 0 Å². The van der Waals surface area contributed by atoms with Crippen molar-refractivity contribution in [3.63, 3.8) is 0 Å². The Labute approximate surface area is 194 Å². The van der Waals surface area contributed by atoms with Crippen LogP contribution in [0, 0.1) is 5.41 Å². The summed E-state index contributed by atoms with van der Waals surface area (Å²) in [7, 11) is 0. The summed E-state index contributed by atoms with van der Waals surface area (Å²) in [5, 5.41) is 57.6. The number of allylic oxidation sites excluding steroid dienone is 3. The highest BCUT2D eigenvalue weighted by Crippen LogP contribution is 2.37. The molecule has 0 aromatic heterocycles. The van der Waals surface area contributed by atoms with Gasteiger partial charge < -0.3 is 30.6 Å². The maximum atomic E-state index is 12.3. The van der Waals surface area contributed by atoms with Gasteiger partial charge >= 0.3 is 11.9 Å². The quantitative estimate of drug-likeness (QED) is 0.322. The lowest BCUT2D eigenvalue weighted by atomic mass is 9.74. The normalized spacial score (nSPS) is 20.0. The standard InChI is InChI=1S/C25H23NO8/c27-18-8-6-15(11-20(18)29)3-1-4-17-13-25(24(33)34,22(23(31)32)26-14-17)10-2-5-16-7-9-19(28)21(30)12-16/h1-3,5-9,11-14,22,27-30H,4,10H2,(H,31,32)(H,33,34)/b3-1+,5-2+. The van der Waals surface area contributed by atoms with Crippen molar-refractivity contribution in [1.82, 2.24) is 0 Å². The number of phenolic OH excluding ortho intramolecular Hbond substituents is 4. The van der Waals surface area contributed by atoms with Gasteiger partial charge in [-0.05, 0) is 53.8 Å². The molecule has 176 valence electrons. The molecule has 2 unspecified atom stereocenters. The molecule has 0 fully saturated rings. The van der Waals surface area contributed by atoms with E-state index in [4.69, 9.17) is 0 Å². The molecule has 0 saturated heterocycles. The van der Waals surface area contributed by atoms with E-state index in [9.17, 15) is 40.2 Å². The summed E-state index contributed by atoms with van der Waals surface area (Å²) >= 11 is 0. The van der Waals surface area contributed by atoms with Crippen molar-refractivity contribution < 1.29 is 40.2 Å². The van der Waals surface area contributed by atoms with Gasteiger partial charge in [0.15, 0.2) is 29.0 Å². The number of benzene rings is 2. The minimum atomic E-state index is -1.84. The van der Waals surface area contributed by atoms with Crippen LogP contribution in [0.25, 0.3) is 12.2 Å². The topological polar surface area (TPSA) is 168 Å². The third-order valence-corrected chi connectivity index (χ3v) is 5.38. The molecule has 1 heterocycles. The summed E-state index contributed by atoms with van der Waals surface area (Å²) in [5.41, 5.74) is -0.242. The van der Waals surface area contributed by atoms with Gasteiger partial charge in [-0.3, -0.25) is 9.79 Å². The molecule has 6 N–H and O–H groups in total. The van der Waals surface area contributed by atoms with E-state index in [1.807, 2.05) is 0 Å². The average molecular weight is 465 g/mol. The molecule has 0 aliphatic carbocycles. The van der Waals surface area contributed by atoms with E-state index in [0.29, 0.717) is 16.7 Å². The fraction of sp³-hybridized carbons (Fsp3) is 0.160. The Kier molecular flexibility index (Phi) is 7.06. The Hall–Kier alpha value is -4.53. The molecule has 0 amide bonds. The molecule has 1 aliphatic rings. The predicted octanol–water partition coefficient (Wildman–Crippen LogP) is 3.55. The van der Waals surface area contributed by atoms with E-state index < -0.39 is 23.4 Å². The largest absolute Gasteiger partial charge is 0.504 e. The van der Waals surface area contributed by atoms with Crippen LogP contribution < -0.4 is 0 Å². The van der Waals surface area contributed by atoms with Gasteiger partial charge in [0, 0.05) is 6.21 Å². The fourth-order valence-corrected chi connectivity index (χ4v) is 3.59. The zero-order chi connectivity index (χ0) is 24.9. The maximum absolute atomic E-state index is 12.3. The molecule has 9 nitrogen and oxygen atoms in total. The van der Waals surface area contributed by atoms with Crippen molar-refractivity contribution in [2.45, 2.75) is 18.9 Å². The second-order valence-corrected chi connectivity index (χ2v) is 7.79. The molecular weight excluding hydrogens is 442 g/mol. The van der Waals surface area contributed by atoms with E-state index >= 15 is 0 Å². The number of carboxylic acids is 2. The van der Waals surface area contributed by atoms with Gasteiger partial charge in [-0.25, -0.2) is 4.79 Å². The van der Waals surface area contributed by atoms with E-state index in [1.54, 1.807) is 18.2 Å². The molecule has 34 heavy (non-hydrogen) atoms. The molecular formula is C25H23NO8. The number of aliphatic carboxylic acids is 2. The molecule has 0 radical (unpaired) electrons. The molecule has 2 aromatic rings. The van der Waals surface area contributed by atoms with E-state index in [2.05, 4.69) is 4.99 Å². The lowest BCUT2D eigenvalue weighted by Gasteiger charge is -2.32. The predicted molar refractivity (Wildman–Crippen MR) is 125 cm³/mol. The Morgan fingerprint density at radius 3 is 1.91 bits per heavy atom. The average Bonchev–Trinajstić information content (AvgIpc) is 2.78. The van der Waals surface area contributed by atoms with E-state index in [0.717, 1.165) is 0 Å². The Balaban J connectivity index is 1.85. The summed E-state index contributed by atoms with van der Waals surface area (Å²) in [6, 6.07) is 6.84. The van der Waals surface area contributed by atoms with Crippen LogP contribution in [0.1, 0.15) is 24.0 Å². The van der Waals surface area contributed by atoms with Gasteiger partial charge in [0.25, 0.3) is 0 Å². The van der Waals surface area contributed by atoms with Crippen molar-refractivity contribution in [3.8, 4) is 23.0 Å². The summed E-state index contributed by atoms with van der Waals surface area (Å²) in [6.07, 6.45) is 9.16. The van der Waals surface area contributed by atoms with Crippen LogP contribution in [0.5, 0.6) is 23.0 Å². The first-order valence-corrected chi connectivity index (χ1v) is 10.2. The second kappa shape index (κ2) is 9.95. The van der Waals surface area contributed by atoms with Crippen LogP contribution in [0.4, 0.5) is 0 Å². The lowest BCUT2D eigenvalue weighted by molar-refractivity contribution is -0.154. The zero-order valence-electron chi connectivity index (χ0n) is 17.9. The fourth-order valence-electron chi connectivity index (χ4n) is 3.59. The number of rotatable bonds is 8. The number of aromatic hydroxyl groups is 4. The molecule has 3 rings (SSSR count). The summed E-state index contributed by atoms with van der Waals surface area (Å²) in [6.45, 7) is 0. The van der Waals surface area contributed by atoms with Gasteiger partial charge in [-0.2, -0.15) is 0 Å². The van der Waals surface area contributed by atoms with Gasteiger partial charge in [0.2, 0.25) is 0 Å². The molecule has 2 aromatic carbocycles. The number of carbonyl (C=O) groups is 2. The molecule has 0 bridgehead atoms. The van der Waals surface area contributed by atoms with Crippen molar-refractivity contribution in [2.75, 3.05) is 0 Å². The minimum Gasteiger partial charge on any atom is -0.504 e. The van der Waals surface area contributed by atoms with Crippen molar-refractivity contribution in [2.24, 2.45) is 10.4 Å². The van der Waals surface area contributed by atoms with Crippen molar-refractivity contribution in [1.29, 1.82) is 0 Å². The number of dihydropyridines is 1. The molecule has 1 aliphatic heterocycles.